The fraction of sp³-hybridized carbons (Fsp3) is 0.429. The van der Waals surface area contributed by atoms with E-state index in [0.29, 0.717) is 35.3 Å². The number of nitrogens with zero attached hydrogens (tertiary/aromatic N) is 5. The maximum Gasteiger partial charge on any atom is 0.269 e. The Morgan fingerprint density at radius 3 is 2.90 bits per heavy atom. The van der Waals surface area contributed by atoms with E-state index in [-0.39, 0.29) is 17.8 Å². The van der Waals surface area contributed by atoms with Gasteiger partial charge in [0.15, 0.2) is 5.16 Å². The molecule has 10 heteroatoms. The zero-order chi connectivity index (χ0) is 21.8. The summed E-state index contributed by atoms with van der Waals surface area (Å²) in [6.45, 7) is 2.96. The Labute approximate surface area is 184 Å². The van der Waals surface area contributed by atoms with Gasteiger partial charge >= 0.3 is 0 Å². The molecule has 0 saturated carbocycles. The van der Waals surface area contributed by atoms with E-state index in [0.717, 1.165) is 30.9 Å². The molecule has 3 aromatic rings. The van der Waals surface area contributed by atoms with Crippen LogP contribution in [0, 0.1) is 12.7 Å². The zero-order valence-corrected chi connectivity index (χ0v) is 18.4. The van der Waals surface area contributed by atoms with E-state index in [4.69, 9.17) is 4.74 Å². The molecule has 1 fully saturated rings. The largest absolute Gasteiger partial charge is 0.377 e. The number of nitrogens with one attached hydrogen (secondary N) is 1. The molecule has 31 heavy (non-hydrogen) atoms. The molecule has 1 aromatic carbocycles. The molecule has 1 N–H and O–H groups in total. The molecular weight excluding hydrogens is 419 g/mol. The van der Waals surface area contributed by atoms with Crippen molar-refractivity contribution in [2.75, 3.05) is 18.9 Å². The summed E-state index contributed by atoms with van der Waals surface area (Å²) in [6, 6.07) is 8.29. The maximum atomic E-state index is 14.6. The second-order valence-electron chi connectivity index (χ2n) is 7.43. The van der Waals surface area contributed by atoms with Gasteiger partial charge in [0, 0.05) is 32.4 Å². The Hall–Kier alpha value is -2.72. The zero-order valence-electron chi connectivity index (χ0n) is 17.5. The number of aryl methyl sites for hydroxylation is 2. The minimum atomic E-state index is -0.350. The smallest absolute Gasteiger partial charge is 0.269 e. The summed E-state index contributed by atoms with van der Waals surface area (Å²) in [5, 5.41) is 16.3. The van der Waals surface area contributed by atoms with Crippen LogP contribution < -0.4 is 5.32 Å². The van der Waals surface area contributed by atoms with Gasteiger partial charge in [-0.1, -0.05) is 23.9 Å². The number of carbonyl (C=O) groups is 1. The lowest BCUT2D eigenvalue weighted by molar-refractivity contribution is 0.0944. The van der Waals surface area contributed by atoms with Gasteiger partial charge in [0.05, 0.1) is 17.5 Å². The van der Waals surface area contributed by atoms with Crippen LogP contribution in [-0.2, 0) is 18.2 Å². The summed E-state index contributed by atoms with van der Waals surface area (Å²) < 4.78 is 23.6. The van der Waals surface area contributed by atoms with Gasteiger partial charge in [-0.2, -0.15) is 5.10 Å². The van der Waals surface area contributed by atoms with Crippen molar-refractivity contribution >= 4 is 17.7 Å². The summed E-state index contributed by atoms with van der Waals surface area (Å²) >= 11 is 1.51. The molecule has 1 amide bonds. The minimum Gasteiger partial charge on any atom is -0.377 e. The number of hydrogen-bond donors (Lipinski definition) is 1. The van der Waals surface area contributed by atoms with Crippen LogP contribution in [0.1, 0.15) is 34.8 Å². The lowest BCUT2D eigenvalue weighted by atomic mass is 10.3. The molecular formula is C21H25FN6O2S. The summed E-state index contributed by atoms with van der Waals surface area (Å²) in [7, 11) is 1.73. The Morgan fingerprint density at radius 1 is 1.35 bits per heavy atom. The molecule has 1 atom stereocenters. The lowest BCUT2D eigenvalue weighted by Gasteiger charge is -2.13. The summed E-state index contributed by atoms with van der Waals surface area (Å²) in [6.07, 6.45) is 2.67. The first-order valence-corrected chi connectivity index (χ1v) is 11.2. The molecule has 1 saturated heterocycles. The second-order valence-corrected chi connectivity index (χ2v) is 8.42. The van der Waals surface area contributed by atoms with E-state index >= 15 is 0 Å². The van der Waals surface area contributed by atoms with Crippen molar-refractivity contribution in [2.45, 2.75) is 37.4 Å². The molecule has 0 spiro atoms. The van der Waals surface area contributed by atoms with Crippen LogP contribution in [-0.4, -0.2) is 55.5 Å². The molecule has 0 bridgehead atoms. The average Bonchev–Trinajstić information content (AvgIpc) is 3.47. The molecule has 2 aromatic heterocycles. The van der Waals surface area contributed by atoms with Gasteiger partial charge in [-0.15, -0.1) is 10.2 Å². The highest BCUT2D eigenvalue weighted by Gasteiger charge is 2.21. The average molecular weight is 445 g/mol. The van der Waals surface area contributed by atoms with E-state index < -0.39 is 0 Å². The van der Waals surface area contributed by atoms with Crippen molar-refractivity contribution in [1.82, 2.24) is 29.9 Å². The van der Waals surface area contributed by atoms with Crippen molar-refractivity contribution in [3.05, 3.63) is 53.4 Å². The highest BCUT2D eigenvalue weighted by atomic mass is 32.2. The van der Waals surface area contributed by atoms with Gasteiger partial charge in [-0.05, 0) is 38.0 Å². The van der Waals surface area contributed by atoms with Crippen molar-refractivity contribution in [3.8, 4) is 5.69 Å². The summed E-state index contributed by atoms with van der Waals surface area (Å²) in [4.78, 5) is 12.4. The summed E-state index contributed by atoms with van der Waals surface area (Å²) in [5.74, 6) is 0.759. The van der Waals surface area contributed by atoms with E-state index in [1.165, 1.54) is 17.8 Å². The van der Waals surface area contributed by atoms with E-state index in [2.05, 4.69) is 20.6 Å². The number of para-hydroxylation sites is 1. The van der Waals surface area contributed by atoms with Gasteiger partial charge in [0.1, 0.15) is 17.3 Å². The maximum absolute atomic E-state index is 14.6. The van der Waals surface area contributed by atoms with Gasteiger partial charge in [-0.3, -0.25) is 14.0 Å². The third kappa shape index (κ3) is 4.96. The fourth-order valence-electron chi connectivity index (χ4n) is 3.58. The van der Waals surface area contributed by atoms with Crippen LogP contribution in [0.3, 0.4) is 0 Å². The van der Waals surface area contributed by atoms with Crippen molar-refractivity contribution in [1.29, 1.82) is 0 Å². The van der Waals surface area contributed by atoms with Crippen LogP contribution in [0.25, 0.3) is 5.69 Å². The predicted molar refractivity (Wildman–Crippen MR) is 115 cm³/mol. The SMILES string of the molecule is Cc1cc(C(=O)NCCc2nnc(SC[C@@H]3CCCO3)n2-c2ccccc2F)n(C)n1. The number of ether oxygens (including phenoxy) is 1. The summed E-state index contributed by atoms with van der Waals surface area (Å²) in [5.41, 5.74) is 1.66. The number of aromatic nitrogens is 5. The number of carbonyl (C=O) groups excluding carboxylic acids is 1. The molecule has 0 radical (unpaired) electrons. The van der Waals surface area contributed by atoms with Crippen LogP contribution in [0.2, 0.25) is 0 Å². The molecule has 164 valence electrons. The quantitative estimate of drug-likeness (QED) is 0.538. The number of hydrogen-bond acceptors (Lipinski definition) is 6. The molecule has 8 nitrogen and oxygen atoms in total. The van der Waals surface area contributed by atoms with Crippen LogP contribution in [0.5, 0.6) is 0 Å². The normalized spacial score (nSPS) is 16.0. The third-order valence-electron chi connectivity index (χ3n) is 5.08. The number of benzene rings is 1. The van der Waals surface area contributed by atoms with Crippen molar-refractivity contribution in [2.24, 2.45) is 7.05 Å². The lowest BCUT2D eigenvalue weighted by Crippen LogP contribution is -2.28. The number of amides is 1. The molecule has 1 aliphatic rings. The Bertz CT molecular complexity index is 1060. The standard InChI is InChI=1S/C21H25FN6O2S/c1-14-12-18(27(2)26-14)20(29)23-10-9-19-24-25-21(31-13-15-6-5-11-30-15)28(19)17-8-4-3-7-16(17)22/h3-4,7-8,12,15H,5-6,9-11,13H2,1-2H3,(H,23,29)/t15-/m0/s1. The topological polar surface area (TPSA) is 86.9 Å². The number of rotatable bonds is 8. The van der Waals surface area contributed by atoms with Gasteiger partial charge in [0.25, 0.3) is 5.91 Å². The predicted octanol–water partition coefficient (Wildman–Crippen LogP) is 2.69. The molecule has 0 unspecified atom stereocenters. The Kier molecular flexibility index (Phi) is 6.67. The van der Waals surface area contributed by atoms with Gasteiger partial charge < -0.3 is 10.1 Å². The molecule has 0 aliphatic carbocycles. The first-order chi connectivity index (χ1) is 15.0. The van der Waals surface area contributed by atoms with Gasteiger partial charge in [0.2, 0.25) is 0 Å². The highest BCUT2D eigenvalue weighted by molar-refractivity contribution is 7.99. The van der Waals surface area contributed by atoms with Gasteiger partial charge in [-0.25, -0.2) is 4.39 Å². The fourth-order valence-corrected chi connectivity index (χ4v) is 4.60. The number of thioether (sulfide) groups is 1. The first-order valence-electron chi connectivity index (χ1n) is 10.3. The molecule has 1 aliphatic heterocycles. The minimum absolute atomic E-state index is 0.181. The second kappa shape index (κ2) is 9.61. The molecule has 4 rings (SSSR count). The van der Waals surface area contributed by atoms with Crippen molar-refractivity contribution < 1.29 is 13.9 Å². The third-order valence-corrected chi connectivity index (χ3v) is 6.15. The van der Waals surface area contributed by atoms with Crippen LogP contribution >= 0.6 is 11.8 Å². The highest BCUT2D eigenvalue weighted by Crippen LogP contribution is 2.27. The van der Waals surface area contributed by atoms with E-state index in [1.54, 1.807) is 40.6 Å². The Morgan fingerprint density at radius 2 is 2.19 bits per heavy atom. The van der Waals surface area contributed by atoms with E-state index in [9.17, 15) is 9.18 Å². The Balaban J connectivity index is 1.49. The van der Waals surface area contributed by atoms with Crippen molar-refractivity contribution in [3.63, 3.8) is 0 Å². The number of halogens is 1. The monoisotopic (exact) mass is 444 g/mol. The molecule has 3 heterocycles. The first kappa shape index (κ1) is 21.5. The van der Waals surface area contributed by atoms with Crippen LogP contribution in [0.15, 0.2) is 35.5 Å². The van der Waals surface area contributed by atoms with Crippen LogP contribution in [0.4, 0.5) is 4.39 Å². The van der Waals surface area contributed by atoms with E-state index in [1.807, 2.05) is 6.92 Å².